The first-order valence-electron chi connectivity index (χ1n) is 8.70. The van der Waals surface area contributed by atoms with E-state index < -0.39 is 0 Å². The molecule has 0 spiro atoms. The van der Waals surface area contributed by atoms with Gasteiger partial charge < -0.3 is 10.2 Å². The van der Waals surface area contributed by atoms with Crippen LogP contribution in [0.1, 0.15) is 54.7 Å². The third-order valence-corrected chi connectivity index (χ3v) is 5.78. The maximum Gasteiger partial charge on any atom is 0.261 e. The molecule has 0 aromatic carbocycles. The van der Waals surface area contributed by atoms with E-state index in [1.54, 1.807) is 0 Å². The Balaban J connectivity index is 2.06. The molecule has 0 bridgehead atoms. The molecular formula is C18H26N4OS. The summed E-state index contributed by atoms with van der Waals surface area (Å²) in [5, 5.41) is 4.04. The summed E-state index contributed by atoms with van der Waals surface area (Å²) in [6.45, 7) is 12.3. The van der Waals surface area contributed by atoms with Gasteiger partial charge in [-0.1, -0.05) is 6.92 Å². The molecule has 0 saturated carbocycles. The molecule has 2 aromatic rings. The van der Waals surface area contributed by atoms with Gasteiger partial charge in [0.1, 0.15) is 16.5 Å². The zero-order valence-corrected chi connectivity index (χ0v) is 16.0. The second kappa shape index (κ2) is 6.67. The van der Waals surface area contributed by atoms with Gasteiger partial charge in [-0.25, -0.2) is 9.97 Å². The molecule has 1 fully saturated rings. The maximum atomic E-state index is 12.5. The van der Waals surface area contributed by atoms with E-state index in [9.17, 15) is 4.79 Å². The van der Waals surface area contributed by atoms with Crippen LogP contribution < -0.4 is 10.2 Å². The van der Waals surface area contributed by atoms with Crippen LogP contribution >= 0.6 is 11.3 Å². The molecule has 1 aliphatic rings. The van der Waals surface area contributed by atoms with Crippen molar-refractivity contribution >= 4 is 33.3 Å². The van der Waals surface area contributed by atoms with Crippen molar-refractivity contribution in [1.29, 1.82) is 0 Å². The molecule has 0 atom stereocenters. The second-order valence-corrected chi connectivity index (χ2v) is 8.13. The standard InChI is InChI=1S/C18H26N4OS/c1-10(2)19-17(23)15-12(4)14-16(20-13(5)21-18(14)24-15)22-8-6-11(3)7-9-22/h10-11H,6-9H2,1-5H3,(H,19,23). The first-order valence-corrected chi connectivity index (χ1v) is 9.52. The molecule has 0 unspecified atom stereocenters. The van der Waals surface area contributed by atoms with Gasteiger partial charge in [-0.05, 0) is 52.0 Å². The van der Waals surface area contributed by atoms with E-state index in [1.807, 2.05) is 27.7 Å². The van der Waals surface area contributed by atoms with Gasteiger partial charge in [0, 0.05) is 19.1 Å². The van der Waals surface area contributed by atoms with E-state index in [2.05, 4.69) is 22.1 Å². The Morgan fingerprint density at radius 1 is 1.25 bits per heavy atom. The number of hydrogen-bond donors (Lipinski definition) is 1. The number of piperidine rings is 1. The molecular weight excluding hydrogens is 320 g/mol. The topological polar surface area (TPSA) is 58.1 Å². The third-order valence-electron chi connectivity index (χ3n) is 4.59. The van der Waals surface area contributed by atoms with E-state index >= 15 is 0 Å². The van der Waals surface area contributed by atoms with E-state index in [4.69, 9.17) is 4.98 Å². The fourth-order valence-electron chi connectivity index (χ4n) is 3.21. The summed E-state index contributed by atoms with van der Waals surface area (Å²) in [5.74, 6) is 2.53. The van der Waals surface area contributed by atoms with Crippen molar-refractivity contribution in [3.8, 4) is 0 Å². The minimum atomic E-state index is -0.0126. The molecule has 0 radical (unpaired) electrons. The number of aryl methyl sites for hydroxylation is 2. The number of thiophene rings is 1. The molecule has 3 heterocycles. The number of amides is 1. The second-order valence-electron chi connectivity index (χ2n) is 7.13. The molecule has 130 valence electrons. The summed E-state index contributed by atoms with van der Waals surface area (Å²) >= 11 is 1.48. The van der Waals surface area contributed by atoms with Crippen LogP contribution in [0.5, 0.6) is 0 Å². The van der Waals surface area contributed by atoms with Crippen molar-refractivity contribution in [2.24, 2.45) is 5.92 Å². The molecule has 1 saturated heterocycles. The predicted octanol–water partition coefficient (Wildman–Crippen LogP) is 3.68. The highest BCUT2D eigenvalue weighted by atomic mass is 32.1. The fraction of sp³-hybridized carbons (Fsp3) is 0.611. The summed E-state index contributed by atoms with van der Waals surface area (Å²) < 4.78 is 0. The highest BCUT2D eigenvalue weighted by Crippen LogP contribution is 2.36. The zero-order chi connectivity index (χ0) is 17.4. The maximum absolute atomic E-state index is 12.5. The van der Waals surface area contributed by atoms with Crippen molar-refractivity contribution in [1.82, 2.24) is 15.3 Å². The smallest absolute Gasteiger partial charge is 0.261 e. The van der Waals surface area contributed by atoms with Crippen LogP contribution in [-0.2, 0) is 0 Å². The average molecular weight is 347 g/mol. The monoisotopic (exact) mass is 346 g/mol. The fourth-order valence-corrected chi connectivity index (χ4v) is 4.34. The molecule has 24 heavy (non-hydrogen) atoms. The van der Waals surface area contributed by atoms with E-state index in [0.29, 0.717) is 0 Å². The molecule has 6 heteroatoms. The summed E-state index contributed by atoms with van der Waals surface area (Å²) in [7, 11) is 0. The van der Waals surface area contributed by atoms with Crippen LogP contribution in [0.3, 0.4) is 0 Å². The largest absolute Gasteiger partial charge is 0.356 e. The van der Waals surface area contributed by atoms with Crippen LogP contribution in [0.25, 0.3) is 10.2 Å². The number of carbonyl (C=O) groups is 1. The lowest BCUT2D eigenvalue weighted by Crippen LogP contribution is -2.33. The highest BCUT2D eigenvalue weighted by molar-refractivity contribution is 7.20. The zero-order valence-electron chi connectivity index (χ0n) is 15.1. The summed E-state index contributed by atoms with van der Waals surface area (Å²) in [6, 6.07) is 0.123. The van der Waals surface area contributed by atoms with Crippen LogP contribution in [0.15, 0.2) is 0 Å². The molecule has 1 aliphatic heterocycles. The van der Waals surface area contributed by atoms with E-state index in [0.717, 1.165) is 51.3 Å². The minimum Gasteiger partial charge on any atom is -0.356 e. The number of nitrogens with zero attached hydrogens (tertiary/aromatic N) is 3. The van der Waals surface area contributed by atoms with Crippen molar-refractivity contribution in [2.75, 3.05) is 18.0 Å². The van der Waals surface area contributed by atoms with E-state index in [1.165, 1.54) is 24.2 Å². The summed E-state index contributed by atoms with van der Waals surface area (Å²) in [5.41, 5.74) is 1.00. The number of rotatable bonds is 3. The first-order chi connectivity index (χ1) is 11.4. The van der Waals surface area contributed by atoms with Gasteiger partial charge in [0.25, 0.3) is 5.91 Å². The Bertz CT molecular complexity index is 760. The van der Waals surface area contributed by atoms with Gasteiger partial charge >= 0.3 is 0 Å². The number of fused-ring (bicyclic) bond motifs is 1. The van der Waals surface area contributed by atoms with Crippen LogP contribution in [0, 0.1) is 19.8 Å². The van der Waals surface area contributed by atoms with Gasteiger partial charge in [-0.15, -0.1) is 11.3 Å². The Morgan fingerprint density at radius 3 is 2.54 bits per heavy atom. The highest BCUT2D eigenvalue weighted by Gasteiger charge is 2.25. The number of aromatic nitrogens is 2. The van der Waals surface area contributed by atoms with Gasteiger partial charge in [0.2, 0.25) is 0 Å². The Kier molecular flexibility index (Phi) is 4.76. The quantitative estimate of drug-likeness (QED) is 0.921. The molecule has 5 nitrogen and oxygen atoms in total. The van der Waals surface area contributed by atoms with E-state index in [-0.39, 0.29) is 11.9 Å². The van der Waals surface area contributed by atoms with Gasteiger partial charge in [0.15, 0.2) is 0 Å². The van der Waals surface area contributed by atoms with Crippen molar-refractivity contribution in [3.63, 3.8) is 0 Å². The molecule has 1 N–H and O–H groups in total. The van der Waals surface area contributed by atoms with Gasteiger partial charge in [-0.2, -0.15) is 0 Å². The molecule has 0 aliphatic carbocycles. The predicted molar refractivity (Wildman–Crippen MR) is 100 cm³/mol. The number of nitrogens with one attached hydrogen (secondary N) is 1. The molecule has 3 rings (SSSR count). The lowest BCUT2D eigenvalue weighted by molar-refractivity contribution is 0.0947. The normalized spacial score (nSPS) is 16.2. The molecule has 1 amide bonds. The van der Waals surface area contributed by atoms with Crippen LogP contribution in [0.2, 0.25) is 0 Å². The van der Waals surface area contributed by atoms with Gasteiger partial charge in [0.05, 0.1) is 10.3 Å². The lowest BCUT2D eigenvalue weighted by atomic mass is 9.99. The number of hydrogen-bond acceptors (Lipinski definition) is 5. The summed E-state index contributed by atoms with van der Waals surface area (Å²) in [6.07, 6.45) is 2.38. The van der Waals surface area contributed by atoms with Crippen LogP contribution in [-0.4, -0.2) is 35.0 Å². The van der Waals surface area contributed by atoms with Crippen molar-refractivity contribution in [2.45, 2.75) is 53.5 Å². The Morgan fingerprint density at radius 2 is 1.92 bits per heavy atom. The number of anilines is 1. The third kappa shape index (κ3) is 3.24. The summed E-state index contributed by atoms with van der Waals surface area (Å²) in [4.78, 5) is 25.9. The lowest BCUT2D eigenvalue weighted by Gasteiger charge is -2.31. The number of carbonyl (C=O) groups excluding carboxylic acids is 1. The average Bonchev–Trinajstić information content (AvgIpc) is 2.83. The first kappa shape index (κ1) is 17.1. The van der Waals surface area contributed by atoms with Crippen molar-refractivity contribution < 1.29 is 4.79 Å². The minimum absolute atomic E-state index is 0.0126. The Labute approximate surface area is 147 Å². The van der Waals surface area contributed by atoms with Gasteiger partial charge in [-0.3, -0.25) is 4.79 Å². The Hall–Kier alpha value is -1.69. The van der Waals surface area contributed by atoms with Crippen LogP contribution in [0.4, 0.5) is 5.82 Å². The molecule has 2 aromatic heterocycles. The van der Waals surface area contributed by atoms with Crippen molar-refractivity contribution in [3.05, 3.63) is 16.3 Å². The SMILES string of the molecule is Cc1nc(N2CCC(C)CC2)c2c(C)c(C(=O)NC(C)C)sc2n1.